The minimum Gasteiger partial charge on any atom is -0.478 e. The number of carboxylic acid groups (broad SMARTS) is 1. The smallest absolute Gasteiger partial charge is 0.328 e. The predicted octanol–water partition coefficient (Wildman–Crippen LogP) is 1.22. The van der Waals surface area contributed by atoms with Gasteiger partial charge in [0.05, 0.1) is 17.0 Å². The van der Waals surface area contributed by atoms with Gasteiger partial charge in [-0.25, -0.2) is 4.79 Å². The lowest BCUT2D eigenvalue weighted by molar-refractivity contribution is -0.385. The molecule has 2 rings (SSSR count). The highest BCUT2D eigenvalue weighted by molar-refractivity contribution is 6.23. The Morgan fingerprint density at radius 3 is 2.62 bits per heavy atom. The molecule has 108 valence electrons. The Balaban J connectivity index is 2.41. The van der Waals surface area contributed by atoms with Crippen molar-refractivity contribution in [3.63, 3.8) is 0 Å². The number of aliphatic carboxylic acids is 1. The third-order valence-electron chi connectivity index (χ3n) is 2.95. The summed E-state index contributed by atoms with van der Waals surface area (Å²) < 4.78 is 0. The Hall–Kier alpha value is -3.03. The van der Waals surface area contributed by atoms with Crippen LogP contribution in [0.15, 0.2) is 29.8 Å². The van der Waals surface area contributed by atoms with E-state index in [9.17, 15) is 24.5 Å². The van der Waals surface area contributed by atoms with Gasteiger partial charge in [0.25, 0.3) is 17.5 Å². The molecule has 21 heavy (non-hydrogen) atoms. The van der Waals surface area contributed by atoms with Crippen LogP contribution < -0.4 is 0 Å². The van der Waals surface area contributed by atoms with E-state index in [1.165, 1.54) is 19.1 Å². The zero-order valence-electron chi connectivity index (χ0n) is 10.9. The maximum atomic E-state index is 12.2. The van der Waals surface area contributed by atoms with Crippen LogP contribution in [0.5, 0.6) is 0 Å². The number of imide groups is 1. The molecule has 2 amide bonds. The minimum atomic E-state index is -1.20. The largest absolute Gasteiger partial charge is 0.478 e. The van der Waals surface area contributed by atoms with Crippen molar-refractivity contribution in [3.05, 3.63) is 51.1 Å². The Morgan fingerprint density at radius 2 is 2.05 bits per heavy atom. The van der Waals surface area contributed by atoms with E-state index in [0.717, 1.165) is 17.0 Å². The van der Waals surface area contributed by atoms with Crippen molar-refractivity contribution in [1.29, 1.82) is 0 Å². The van der Waals surface area contributed by atoms with Crippen LogP contribution in [0, 0.1) is 10.1 Å². The highest BCUT2D eigenvalue weighted by Gasteiger charge is 2.40. The van der Waals surface area contributed by atoms with Crippen molar-refractivity contribution < 1.29 is 24.4 Å². The molecule has 0 aliphatic carbocycles. The average molecular weight is 290 g/mol. The summed E-state index contributed by atoms with van der Waals surface area (Å²) in [6.45, 7) is 1.22. The number of amides is 2. The first-order chi connectivity index (χ1) is 9.82. The molecule has 1 N–H and O–H groups in total. The van der Waals surface area contributed by atoms with Gasteiger partial charge < -0.3 is 5.11 Å². The fourth-order valence-corrected chi connectivity index (χ4v) is 2.12. The first-order valence-electron chi connectivity index (χ1n) is 5.86. The van der Waals surface area contributed by atoms with Gasteiger partial charge in [-0.3, -0.25) is 24.6 Å². The van der Waals surface area contributed by atoms with E-state index in [2.05, 4.69) is 0 Å². The van der Waals surface area contributed by atoms with Crippen molar-refractivity contribution in [3.8, 4) is 0 Å². The van der Waals surface area contributed by atoms with Crippen LogP contribution in [0.2, 0.25) is 0 Å². The number of nitro groups is 1. The lowest BCUT2D eigenvalue weighted by Crippen LogP contribution is -2.31. The first kappa shape index (κ1) is 14.4. The number of nitro benzene ring substituents is 1. The van der Waals surface area contributed by atoms with Gasteiger partial charge in [-0.15, -0.1) is 0 Å². The van der Waals surface area contributed by atoms with Crippen LogP contribution >= 0.6 is 0 Å². The number of carbonyl (C=O) groups is 3. The van der Waals surface area contributed by atoms with Gasteiger partial charge in [0, 0.05) is 12.1 Å². The van der Waals surface area contributed by atoms with E-state index in [1.54, 1.807) is 0 Å². The maximum Gasteiger partial charge on any atom is 0.328 e. The van der Waals surface area contributed by atoms with Crippen LogP contribution in [0.3, 0.4) is 0 Å². The summed E-state index contributed by atoms with van der Waals surface area (Å²) in [4.78, 5) is 45.8. The van der Waals surface area contributed by atoms with Crippen LogP contribution in [0.4, 0.5) is 5.69 Å². The molecule has 1 aliphatic heterocycles. The number of benzene rings is 1. The third kappa shape index (κ3) is 2.50. The monoisotopic (exact) mass is 290 g/mol. The van der Waals surface area contributed by atoms with Gasteiger partial charge in [-0.1, -0.05) is 6.07 Å². The Labute approximate surface area is 118 Å². The molecule has 0 fully saturated rings. The summed E-state index contributed by atoms with van der Waals surface area (Å²) in [6, 6.07) is 3.80. The summed E-state index contributed by atoms with van der Waals surface area (Å²) in [5, 5.41) is 19.5. The van der Waals surface area contributed by atoms with Gasteiger partial charge in [-0.2, -0.15) is 0 Å². The van der Waals surface area contributed by atoms with Crippen LogP contribution in [-0.2, 0) is 4.79 Å². The van der Waals surface area contributed by atoms with E-state index >= 15 is 0 Å². The number of hydrogen-bond donors (Lipinski definition) is 1. The van der Waals surface area contributed by atoms with Crippen LogP contribution in [0.25, 0.3) is 0 Å². The fraction of sp³-hybridized carbons (Fsp3) is 0.154. The molecular formula is C13H10N2O6. The number of hydrogen-bond acceptors (Lipinski definition) is 5. The van der Waals surface area contributed by atoms with Crippen LogP contribution in [-0.4, -0.2) is 39.3 Å². The molecule has 1 aliphatic rings. The summed E-state index contributed by atoms with van der Waals surface area (Å²) in [7, 11) is 0. The van der Waals surface area contributed by atoms with Crippen molar-refractivity contribution in [2.24, 2.45) is 0 Å². The molecular weight excluding hydrogens is 280 g/mol. The zero-order valence-corrected chi connectivity index (χ0v) is 10.9. The van der Waals surface area contributed by atoms with E-state index in [4.69, 9.17) is 5.11 Å². The minimum absolute atomic E-state index is 0.0441. The zero-order chi connectivity index (χ0) is 15.7. The second-order valence-corrected chi connectivity index (χ2v) is 4.48. The van der Waals surface area contributed by atoms with Gasteiger partial charge in [0.15, 0.2) is 0 Å². The number of rotatable bonds is 4. The SMILES string of the molecule is CC(=CC(=O)O)CN1C(=O)c2cccc([N+](=O)[O-])c2C1=O. The average Bonchev–Trinajstić information content (AvgIpc) is 2.63. The lowest BCUT2D eigenvalue weighted by Gasteiger charge is -2.13. The second-order valence-electron chi connectivity index (χ2n) is 4.48. The number of fused-ring (bicyclic) bond motifs is 1. The van der Waals surface area contributed by atoms with E-state index in [1.807, 2.05) is 0 Å². The first-order valence-corrected chi connectivity index (χ1v) is 5.86. The molecule has 0 bridgehead atoms. The number of carbonyl (C=O) groups excluding carboxylic acids is 2. The topological polar surface area (TPSA) is 118 Å². The highest BCUT2D eigenvalue weighted by Crippen LogP contribution is 2.30. The van der Waals surface area contributed by atoms with Crippen molar-refractivity contribution in [1.82, 2.24) is 4.90 Å². The quantitative estimate of drug-likeness (QED) is 0.385. The molecule has 0 aromatic heterocycles. The van der Waals surface area contributed by atoms with Gasteiger partial charge in [0.2, 0.25) is 0 Å². The maximum absolute atomic E-state index is 12.2. The molecule has 8 heteroatoms. The number of carboxylic acids is 1. The normalized spacial score (nSPS) is 14.3. The van der Waals surface area contributed by atoms with Crippen molar-refractivity contribution >= 4 is 23.5 Å². The Morgan fingerprint density at radius 1 is 1.38 bits per heavy atom. The molecule has 1 aromatic carbocycles. The Kier molecular flexibility index (Phi) is 3.53. The second kappa shape index (κ2) is 5.16. The predicted molar refractivity (Wildman–Crippen MR) is 69.9 cm³/mol. The van der Waals surface area contributed by atoms with E-state index < -0.39 is 28.4 Å². The molecule has 0 saturated heterocycles. The molecule has 1 aromatic rings. The highest BCUT2D eigenvalue weighted by atomic mass is 16.6. The molecule has 0 atom stereocenters. The van der Waals surface area contributed by atoms with Crippen molar-refractivity contribution in [2.75, 3.05) is 6.54 Å². The molecule has 1 heterocycles. The van der Waals surface area contributed by atoms with Gasteiger partial charge in [-0.05, 0) is 18.6 Å². The summed E-state index contributed by atoms with van der Waals surface area (Å²) in [5.41, 5.74) is -0.458. The molecule has 0 spiro atoms. The summed E-state index contributed by atoms with van der Waals surface area (Å²) in [5.74, 6) is -2.66. The lowest BCUT2D eigenvalue weighted by atomic mass is 10.1. The standard InChI is InChI=1S/C13H10N2O6/c1-7(5-10(16)17)6-14-12(18)8-3-2-4-9(15(20)21)11(8)13(14)19/h2-5H,6H2,1H3,(H,16,17). The van der Waals surface area contributed by atoms with Gasteiger partial charge in [0.1, 0.15) is 5.56 Å². The third-order valence-corrected chi connectivity index (χ3v) is 2.95. The Bertz CT molecular complexity index is 707. The van der Waals surface area contributed by atoms with Gasteiger partial charge >= 0.3 is 5.97 Å². The number of nitrogens with zero attached hydrogens (tertiary/aromatic N) is 2. The molecule has 0 radical (unpaired) electrons. The van der Waals surface area contributed by atoms with Crippen molar-refractivity contribution in [2.45, 2.75) is 6.92 Å². The van der Waals surface area contributed by atoms with E-state index in [-0.39, 0.29) is 23.2 Å². The molecule has 0 saturated carbocycles. The molecule has 8 nitrogen and oxygen atoms in total. The van der Waals surface area contributed by atoms with E-state index in [0.29, 0.717) is 0 Å². The van der Waals surface area contributed by atoms with Crippen LogP contribution in [0.1, 0.15) is 27.6 Å². The molecule has 0 unspecified atom stereocenters. The summed E-state index contributed by atoms with van der Waals surface area (Å²) in [6.07, 6.45) is 0.873. The summed E-state index contributed by atoms with van der Waals surface area (Å²) >= 11 is 0. The fourth-order valence-electron chi connectivity index (χ4n) is 2.12.